The molecule has 1 atom stereocenters. The molecule has 1 aromatic heterocycles. The van der Waals surface area contributed by atoms with Gasteiger partial charge in [0, 0.05) is 36.8 Å². The molecule has 1 aliphatic heterocycles. The van der Waals surface area contributed by atoms with E-state index in [2.05, 4.69) is 4.98 Å². The van der Waals surface area contributed by atoms with Crippen molar-refractivity contribution in [2.24, 2.45) is 0 Å². The zero-order valence-electron chi connectivity index (χ0n) is 13.5. The summed E-state index contributed by atoms with van der Waals surface area (Å²) in [5, 5.41) is 0.695. The smallest absolute Gasteiger partial charge is 0.254 e. The third-order valence-electron chi connectivity index (χ3n) is 4.20. The number of amides is 1. The Hall–Kier alpha value is -2.01. The molecular formula is C18H21FN2O2. The van der Waals surface area contributed by atoms with Crippen molar-refractivity contribution in [2.75, 3.05) is 19.7 Å². The van der Waals surface area contributed by atoms with Crippen LogP contribution in [0.4, 0.5) is 4.39 Å². The second-order valence-corrected chi connectivity index (χ2v) is 5.94. The van der Waals surface area contributed by atoms with E-state index in [0.717, 1.165) is 19.4 Å². The molecule has 1 aromatic carbocycles. The van der Waals surface area contributed by atoms with Crippen molar-refractivity contribution in [1.82, 2.24) is 9.88 Å². The summed E-state index contributed by atoms with van der Waals surface area (Å²) in [5.41, 5.74) is 1.82. The number of hydrogen-bond acceptors (Lipinski definition) is 3. The van der Waals surface area contributed by atoms with Crippen molar-refractivity contribution >= 4 is 16.8 Å². The summed E-state index contributed by atoms with van der Waals surface area (Å²) in [6.07, 6.45) is 2.02. The van der Waals surface area contributed by atoms with Crippen LogP contribution in [0.3, 0.4) is 0 Å². The number of hydrogen-bond donors (Lipinski definition) is 0. The molecular weight excluding hydrogens is 295 g/mol. The van der Waals surface area contributed by atoms with Gasteiger partial charge in [-0.05, 0) is 44.9 Å². The number of aromatic nitrogens is 1. The van der Waals surface area contributed by atoms with E-state index in [0.29, 0.717) is 35.3 Å². The molecule has 23 heavy (non-hydrogen) atoms. The lowest BCUT2D eigenvalue weighted by Gasteiger charge is -2.32. The standard InChI is InChI=1S/C18H21FN2O2/c1-3-23-14-5-4-8-21(11-14)18(22)16-9-12(2)20-17-10-13(19)6-7-15(16)17/h6-7,9-10,14H,3-5,8,11H2,1-2H3/t14-/m0/s1. The van der Waals surface area contributed by atoms with Gasteiger partial charge in [0.15, 0.2) is 0 Å². The summed E-state index contributed by atoms with van der Waals surface area (Å²) < 4.78 is 19.1. The van der Waals surface area contributed by atoms with E-state index in [1.807, 2.05) is 18.7 Å². The normalized spacial score (nSPS) is 18.4. The minimum atomic E-state index is -0.344. The lowest BCUT2D eigenvalue weighted by atomic mass is 10.0. The lowest BCUT2D eigenvalue weighted by molar-refractivity contribution is 0.00731. The second kappa shape index (κ2) is 6.62. The highest BCUT2D eigenvalue weighted by atomic mass is 19.1. The van der Waals surface area contributed by atoms with Crippen LogP contribution in [0.5, 0.6) is 0 Å². The van der Waals surface area contributed by atoms with Gasteiger partial charge in [0.25, 0.3) is 5.91 Å². The van der Waals surface area contributed by atoms with Crippen LogP contribution in [0.15, 0.2) is 24.3 Å². The maximum Gasteiger partial charge on any atom is 0.254 e. The van der Waals surface area contributed by atoms with Gasteiger partial charge in [-0.3, -0.25) is 9.78 Å². The highest BCUT2D eigenvalue weighted by molar-refractivity contribution is 6.06. The number of piperidine rings is 1. The largest absolute Gasteiger partial charge is 0.377 e. The van der Waals surface area contributed by atoms with Crippen LogP contribution in [0, 0.1) is 12.7 Å². The monoisotopic (exact) mass is 316 g/mol. The molecule has 0 unspecified atom stereocenters. The second-order valence-electron chi connectivity index (χ2n) is 5.94. The molecule has 0 N–H and O–H groups in total. The van der Waals surface area contributed by atoms with Gasteiger partial charge in [-0.1, -0.05) is 0 Å². The Kier molecular flexibility index (Phi) is 4.57. The van der Waals surface area contributed by atoms with E-state index in [4.69, 9.17) is 4.74 Å². The number of carbonyl (C=O) groups is 1. The summed E-state index contributed by atoms with van der Waals surface area (Å²) >= 11 is 0. The number of nitrogens with zero attached hydrogens (tertiary/aromatic N) is 2. The van der Waals surface area contributed by atoms with Crippen molar-refractivity contribution in [3.8, 4) is 0 Å². The van der Waals surface area contributed by atoms with Crippen LogP contribution in [0.25, 0.3) is 10.9 Å². The SMILES string of the molecule is CCO[C@H]1CCCN(C(=O)c2cc(C)nc3cc(F)ccc23)C1. The Morgan fingerprint density at radius 3 is 3.04 bits per heavy atom. The fourth-order valence-electron chi connectivity index (χ4n) is 3.18. The number of pyridine rings is 1. The minimum absolute atomic E-state index is 0.0310. The molecule has 0 spiro atoms. The van der Waals surface area contributed by atoms with Crippen LogP contribution >= 0.6 is 0 Å². The zero-order chi connectivity index (χ0) is 16.4. The summed E-state index contributed by atoms with van der Waals surface area (Å²) in [7, 11) is 0. The van der Waals surface area contributed by atoms with Crippen LogP contribution in [0.1, 0.15) is 35.8 Å². The van der Waals surface area contributed by atoms with Crippen molar-refractivity contribution in [1.29, 1.82) is 0 Å². The Labute approximate surface area is 135 Å². The zero-order valence-corrected chi connectivity index (χ0v) is 13.5. The number of fused-ring (bicyclic) bond motifs is 1. The van der Waals surface area contributed by atoms with Gasteiger partial charge in [-0.15, -0.1) is 0 Å². The van der Waals surface area contributed by atoms with Crippen LogP contribution in [-0.4, -0.2) is 41.6 Å². The number of ether oxygens (including phenoxy) is 1. The molecule has 0 aliphatic carbocycles. The first-order valence-electron chi connectivity index (χ1n) is 8.06. The number of benzene rings is 1. The quantitative estimate of drug-likeness (QED) is 0.872. The number of rotatable bonds is 3. The predicted octanol–water partition coefficient (Wildman–Crippen LogP) is 3.32. The van der Waals surface area contributed by atoms with Gasteiger partial charge in [0.1, 0.15) is 5.82 Å². The number of halogens is 1. The molecule has 1 aliphatic rings. The van der Waals surface area contributed by atoms with Crippen LogP contribution < -0.4 is 0 Å². The minimum Gasteiger partial charge on any atom is -0.377 e. The van der Waals surface area contributed by atoms with Gasteiger partial charge in [0.2, 0.25) is 0 Å². The Balaban J connectivity index is 1.94. The molecule has 1 fully saturated rings. The third kappa shape index (κ3) is 3.34. The highest BCUT2D eigenvalue weighted by Gasteiger charge is 2.26. The molecule has 1 saturated heterocycles. The summed E-state index contributed by atoms with van der Waals surface area (Å²) in [6.45, 7) is 5.78. The summed E-state index contributed by atoms with van der Waals surface area (Å²) in [5.74, 6) is -0.375. The maximum atomic E-state index is 13.4. The fraction of sp³-hybridized carbons (Fsp3) is 0.444. The van der Waals surface area contributed by atoms with Gasteiger partial charge in [-0.25, -0.2) is 4.39 Å². The van der Waals surface area contributed by atoms with Crippen molar-refractivity contribution < 1.29 is 13.9 Å². The summed E-state index contributed by atoms with van der Waals surface area (Å²) in [6, 6.07) is 6.16. The van der Waals surface area contributed by atoms with Gasteiger partial charge in [0.05, 0.1) is 17.2 Å². The molecule has 122 valence electrons. The third-order valence-corrected chi connectivity index (χ3v) is 4.20. The average Bonchev–Trinajstić information content (AvgIpc) is 2.53. The van der Waals surface area contributed by atoms with E-state index in [-0.39, 0.29) is 17.8 Å². The van der Waals surface area contributed by atoms with Crippen molar-refractivity contribution in [3.05, 3.63) is 41.3 Å². The molecule has 1 amide bonds. The number of likely N-dealkylation sites (tertiary alicyclic amines) is 1. The molecule has 4 nitrogen and oxygen atoms in total. The van der Waals surface area contributed by atoms with Gasteiger partial charge < -0.3 is 9.64 Å². The summed E-state index contributed by atoms with van der Waals surface area (Å²) in [4.78, 5) is 19.1. The van der Waals surface area contributed by atoms with Crippen LogP contribution in [-0.2, 0) is 4.74 Å². The van der Waals surface area contributed by atoms with E-state index in [9.17, 15) is 9.18 Å². The van der Waals surface area contributed by atoms with E-state index in [1.165, 1.54) is 12.1 Å². The van der Waals surface area contributed by atoms with E-state index >= 15 is 0 Å². The molecule has 0 radical (unpaired) electrons. The Morgan fingerprint density at radius 1 is 1.43 bits per heavy atom. The molecule has 5 heteroatoms. The maximum absolute atomic E-state index is 13.4. The first-order valence-corrected chi connectivity index (χ1v) is 8.06. The molecule has 3 rings (SSSR count). The molecule has 0 bridgehead atoms. The Bertz CT molecular complexity index is 725. The topological polar surface area (TPSA) is 42.4 Å². The number of aryl methyl sites for hydroxylation is 1. The average molecular weight is 316 g/mol. The van der Waals surface area contributed by atoms with Crippen molar-refractivity contribution in [3.63, 3.8) is 0 Å². The number of carbonyl (C=O) groups excluding carboxylic acids is 1. The van der Waals surface area contributed by atoms with Crippen LogP contribution in [0.2, 0.25) is 0 Å². The highest BCUT2D eigenvalue weighted by Crippen LogP contribution is 2.23. The van der Waals surface area contributed by atoms with Gasteiger partial charge >= 0.3 is 0 Å². The lowest BCUT2D eigenvalue weighted by Crippen LogP contribution is -2.43. The molecule has 2 heterocycles. The fourth-order valence-corrected chi connectivity index (χ4v) is 3.18. The first kappa shape index (κ1) is 15.9. The van der Waals surface area contributed by atoms with E-state index < -0.39 is 0 Å². The molecule has 2 aromatic rings. The van der Waals surface area contributed by atoms with E-state index in [1.54, 1.807) is 12.1 Å². The predicted molar refractivity (Wildman–Crippen MR) is 87.0 cm³/mol. The first-order chi connectivity index (χ1) is 11.1. The molecule has 0 saturated carbocycles. The Morgan fingerprint density at radius 2 is 2.26 bits per heavy atom. The van der Waals surface area contributed by atoms with Gasteiger partial charge in [-0.2, -0.15) is 0 Å². The van der Waals surface area contributed by atoms with Crippen molar-refractivity contribution in [2.45, 2.75) is 32.8 Å².